The van der Waals surface area contributed by atoms with E-state index in [-0.39, 0.29) is 13.6 Å². The molecule has 1 rings (SSSR count). The van der Waals surface area contributed by atoms with Gasteiger partial charge in [-0.25, -0.2) is 0 Å². The Labute approximate surface area is 101 Å². The van der Waals surface area contributed by atoms with Crippen molar-refractivity contribution in [2.24, 2.45) is 5.73 Å². The summed E-state index contributed by atoms with van der Waals surface area (Å²) in [6.45, 7) is 0.955. The first-order valence-electron chi connectivity index (χ1n) is 5.38. The van der Waals surface area contributed by atoms with Crippen LogP contribution in [0.1, 0.15) is 5.56 Å². The van der Waals surface area contributed by atoms with E-state index >= 15 is 0 Å². The third-order valence-corrected chi connectivity index (χ3v) is 2.11. The number of hydrogen-bond donors (Lipinski definition) is 1. The van der Waals surface area contributed by atoms with E-state index in [9.17, 15) is 0 Å². The van der Waals surface area contributed by atoms with Gasteiger partial charge in [0.1, 0.15) is 0 Å². The molecule has 0 heterocycles. The first-order chi connectivity index (χ1) is 8.31. The fourth-order valence-corrected chi connectivity index (χ4v) is 1.35. The van der Waals surface area contributed by atoms with Gasteiger partial charge < -0.3 is 24.7 Å². The minimum Gasteiger partial charge on any atom is -0.464 e. The first-order valence-corrected chi connectivity index (χ1v) is 5.38. The third-order valence-electron chi connectivity index (χ3n) is 2.11. The number of methoxy groups -OCH3 is 2. The van der Waals surface area contributed by atoms with Crippen molar-refractivity contribution in [2.75, 3.05) is 34.4 Å². The minimum atomic E-state index is 0.176. The van der Waals surface area contributed by atoms with Crippen LogP contribution in [0, 0.1) is 0 Å². The Morgan fingerprint density at radius 3 is 2.24 bits per heavy atom. The fourth-order valence-electron chi connectivity index (χ4n) is 1.35. The highest BCUT2D eigenvalue weighted by Crippen LogP contribution is 2.28. The van der Waals surface area contributed by atoms with E-state index in [1.54, 1.807) is 14.2 Å². The standard InChI is InChI=1S/C12H19NO4/c1-14-8-16-11-4-3-10(5-6-13)7-12(11)17-9-15-2/h3-4,7H,5-6,8-9,13H2,1-2H3. The second-order valence-corrected chi connectivity index (χ2v) is 3.42. The highest BCUT2D eigenvalue weighted by molar-refractivity contribution is 5.43. The SMILES string of the molecule is COCOc1ccc(CCN)cc1OCOC. The summed E-state index contributed by atoms with van der Waals surface area (Å²) in [5.41, 5.74) is 6.61. The second kappa shape index (κ2) is 7.89. The van der Waals surface area contributed by atoms with Crippen LogP contribution in [0.5, 0.6) is 11.5 Å². The summed E-state index contributed by atoms with van der Waals surface area (Å²) in [6.07, 6.45) is 0.800. The van der Waals surface area contributed by atoms with Gasteiger partial charge in [0.25, 0.3) is 0 Å². The maximum Gasteiger partial charge on any atom is 0.188 e. The van der Waals surface area contributed by atoms with Crippen LogP contribution in [0.15, 0.2) is 18.2 Å². The summed E-state index contributed by atoms with van der Waals surface area (Å²) in [5.74, 6) is 1.26. The molecule has 0 atom stereocenters. The van der Waals surface area contributed by atoms with Crippen molar-refractivity contribution in [1.82, 2.24) is 0 Å². The molecule has 2 N–H and O–H groups in total. The number of hydrogen-bond acceptors (Lipinski definition) is 5. The van der Waals surface area contributed by atoms with E-state index < -0.39 is 0 Å². The highest BCUT2D eigenvalue weighted by atomic mass is 16.7. The summed E-state index contributed by atoms with van der Waals surface area (Å²) >= 11 is 0. The quantitative estimate of drug-likeness (QED) is 0.692. The molecule has 0 fully saturated rings. The maximum atomic E-state index is 5.51. The number of rotatable bonds is 8. The normalized spacial score (nSPS) is 10.3. The topological polar surface area (TPSA) is 62.9 Å². The molecule has 0 saturated carbocycles. The predicted molar refractivity (Wildman–Crippen MR) is 64.2 cm³/mol. The molecule has 0 bridgehead atoms. The molecule has 0 saturated heterocycles. The lowest BCUT2D eigenvalue weighted by Gasteiger charge is -2.13. The molecular weight excluding hydrogens is 222 g/mol. The Balaban J connectivity index is 2.78. The molecule has 96 valence electrons. The van der Waals surface area contributed by atoms with Gasteiger partial charge in [-0.2, -0.15) is 0 Å². The van der Waals surface area contributed by atoms with Crippen molar-refractivity contribution < 1.29 is 18.9 Å². The van der Waals surface area contributed by atoms with Gasteiger partial charge in [-0.3, -0.25) is 0 Å². The smallest absolute Gasteiger partial charge is 0.188 e. The Morgan fingerprint density at radius 2 is 1.65 bits per heavy atom. The predicted octanol–water partition coefficient (Wildman–Crippen LogP) is 1.15. The maximum absolute atomic E-state index is 5.51. The molecule has 0 aliphatic rings. The van der Waals surface area contributed by atoms with Crippen molar-refractivity contribution in [1.29, 1.82) is 0 Å². The summed E-state index contributed by atoms with van der Waals surface area (Å²) in [6, 6.07) is 5.70. The Morgan fingerprint density at radius 1 is 1.00 bits per heavy atom. The lowest BCUT2D eigenvalue weighted by atomic mass is 10.1. The van der Waals surface area contributed by atoms with Gasteiger partial charge in [0.15, 0.2) is 25.1 Å². The Bertz CT molecular complexity index is 330. The fraction of sp³-hybridized carbons (Fsp3) is 0.500. The van der Waals surface area contributed by atoms with Crippen LogP contribution in [0.4, 0.5) is 0 Å². The van der Waals surface area contributed by atoms with Crippen LogP contribution in [-0.2, 0) is 15.9 Å². The summed E-state index contributed by atoms with van der Waals surface area (Å²) < 4.78 is 20.5. The van der Waals surface area contributed by atoms with Gasteiger partial charge in [-0.15, -0.1) is 0 Å². The van der Waals surface area contributed by atoms with E-state index in [1.807, 2.05) is 18.2 Å². The Kier molecular flexibility index (Phi) is 6.39. The summed E-state index contributed by atoms with van der Waals surface area (Å²) in [5, 5.41) is 0. The van der Waals surface area contributed by atoms with Crippen molar-refractivity contribution in [3.63, 3.8) is 0 Å². The minimum absolute atomic E-state index is 0.176. The molecule has 0 spiro atoms. The van der Waals surface area contributed by atoms with Gasteiger partial charge in [0.2, 0.25) is 0 Å². The average molecular weight is 241 g/mol. The van der Waals surface area contributed by atoms with Gasteiger partial charge in [0, 0.05) is 14.2 Å². The molecule has 0 radical (unpaired) electrons. The summed E-state index contributed by atoms with van der Waals surface area (Å²) in [7, 11) is 3.14. The summed E-state index contributed by atoms with van der Waals surface area (Å²) in [4.78, 5) is 0. The molecule has 5 heteroatoms. The van der Waals surface area contributed by atoms with Gasteiger partial charge in [-0.05, 0) is 30.7 Å². The van der Waals surface area contributed by atoms with Crippen LogP contribution in [0.25, 0.3) is 0 Å². The van der Waals surface area contributed by atoms with E-state index in [1.165, 1.54) is 0 Å². The zero-order valence-corrected chi connectivity index (χ0v) is 10.3. The zero-order valence-electron chi connectivity index (χ0n) is 10.3. The molecule has 0 aromatic heterocycles. The van der Waals surface area contributed by atoms with Gasteiger partial charge in [-0.1, -0.05) is 6.07 Å². The number of ether oxygens (including phenoxy) is 4. The molecule has 17 heavy (non-hydrogen) atoms. The zero-order chi connectivity index (χ0) is 12.5. The van der Waals surface area contributed by atoms with Crippen molar-refractivity contribution in [2.45, 2.75) is 6.42 Å². The molecule has 5 nitrogen and oxygen atoms in total. The molecule has 0 unspecified atom stereocenters. The van der Waals surface area contributed by atoms with Crippen molar-refractivity contribution >= 4 is 0 Å². The first kappa shape index (κ1) is 13.8. The second-order valence-electron chi connectivity index (χ2n) is 3.42. The largest absolute Gasteiger partial charge is 0.464 e. The van der Waals surface area contributed by atoms with Crippen molar-refractivity contribution in [3.05, 3.63) is 23.8 Å². The van der Waals surface area contributed by atoms with Crippen LogP contribution in [0.2, 0.25) is 0 Å². The van der Waals surface area contributed by atoms with Crippen LogP contribution in [0.3, 0.4) is 0 Å². The molecular formula is C12H19NO4. The molecule has 0 aliphatic heterocycles. The number of nitrogens with two attached hydrogens (primary N) is 1. The van der Waals surface area contributed by atoms with Crippen LogP contribution >= 0.6 is 0 Å². The molecule has 1 aromatic carbocycles. The Hall–Kier alpha value is -1.30. The number of benzene rings is 1. The van der Waals surface area contributed by atoms with Gasteiger partial charge >= 0.3 is 0 Å². The molecule has 0 aliphatic carbocycles. The molecule has 0 amide bonds. The monoisotopic (exact) mass is 241 g/mol. The average Bonchev–Trinajstić information content (AvgIpc) is 2.35. The lowest BCUT2D eigenvalue weighted by Crippen LogP contribution is -2.06. The van der Waals surface area contributed by atoms with Crippen LogP contribution in [-0.4, -0.2) is 34.4 Å². The highest BCUT2D eigenvalue weighted by Gasteiger charge is 2.06. The third kappa shape index (κ3) is 4.60. The van der Waals surface area contributed by atoms with E-state index in [0.717, 1.165) is 12.0 Å². The van der Waals surface area contributed by atoms with E-state index in [2.05, 4.69) is 0 Å². The van der Waals surface area contributed by atoms with Gasteiger partial charge in [0.05, 0.1) is 0 Å². The lowest BCUT2D eigenvalue weighted by molar-refractivity contribution is 0.0322. The molecule has 1 aromatic rings. The van der Waals surface area contributed by atoms with Crippen LogP contribution < -0.4 is 15.2 Å². The van der Waals surface area contributed by atoms with E-state index in [4.69, 9.17) is 24.7 Å². The van der Waals surface area contributed by atoms with E-state index in [0.29, 0.717) is 18.0 Å². The van der Waals surface area contributed by atoms with Crippen molar-refractivity contribution in [3.8, 4) is 11.5 Å².